The maximum atomic E-state index is 12.8. The summed E-state index contributed by atoms with van der Waals surface area (Å²) in [5.41, 5.74) is 2.35. The van der Waals surface area contributed by atoms with Gasteiger partial charge in [-0.1, -0.05) is 32.5 Å². The number of carbonyl (C=O) groups excluding carboxylic acids is 1. The van der Waals surface area contributed by atoms with Crippen LogP contribution in [0.25, 0.3) is 15.9 Å². The molecule has 0 unspecified atom stereocenters. The van der Waals surface area contributed by atoms with E-state index < -0.39 is 0 Å². The molecular formula is C22H29N5OS2. The lowest BCUT2D eigenvalue weighted by molar-refractivity contribution is -0.130. The lowest BCUT2D eigenvalue weighted by Crippen LogP contribution is -2.40. The number of fused-ring (bicyclic) bond motifs is 5. The monoisotopic (exact) mass is 443 g/mol. The van der Waals surface area contributed by atoms with E-state index in [0.29, 0.717) is 11.7 Å². The van der Waals surface area contributed by atoms with Crippen LogP contribution in [0.5, 0.6) is 0 Å². The van der Waals surface area contributed by atoms with Crippen molar-refractivity contribution in [1.82, 2.24) is 24.5 Å². The van der Waals surface area contributed by atoms with E-state index in [2.05, 4.69) is 35.4 Å². The Hall–Kier alpha value is -1.67. The standard InChI is InChI=1S/C22H29N5OS2/c1-4-17-23-21-19(15-8-7-13(2)10-16(15)30-21)20-24-25-22(27(17)20)29-12-18(28)26-9-5-6-14(3)11-26/h13-14H,4-12H2,1-3H3/t13-,14-/m0/s1. The van der Waals surface area contributed by atoms with Gasteiger partial charge >= 0.3 is 0 Å². The Balaban J connectivity index is 1.48. The number of likely N-dealkylation sites (tertiary alicyclic amines) is 1. The number of aromatic nitrogens is 4. The average molecular weight is 444 g/mol. The van der Waals surface area contributed by atoms with Gasteiger partial charge in [-0.3, -0.25) is 9.20 Å². The highest BCUT2D eigenvalue weighted by atomic mass is 32.2. The third-order valence-corrected chi connectivity index (χ3v) is 8.55. The lowest BCUT2D eigenvalue weighted by atomic mass is 9.89. The molecule has 0 N–H and O–H groups in total. The van der Waals surface area contributed by atoms with Gasteiger partial charge in [0.15, 0.2) is 10.8 Å². The molecule has 0 bridgehead atoms. The van der Waals surface area contributed by atoms with Crippen molar-refractivity contribution in [3.63, 3.8) is 0 Å². The van der Waals surface area contributed by atoms with E-state index in [-0.39, 0.29) is 5.91 Å². The van der Waals surface area contributed by atoms with Gasteiger partial charge in [-0.25, -0.2) is 4.98 Å². The van der Waals surface area contributed by atoms with Crippen molar-refractivity contribution in [3.8, 4) is 0 Å². The van der Waals surface area contributed by atoms with Gasteiger partial charge in [0.05, 0.1) is 11.1 Å². The van der Waals surface area contributed by atoms with Crippen LogP contribution in [0.1, 0.15) is 56.3 Å². The highest BCUT2D eigenvalue weighted by molar-refractivity contribution is 7.99. The molecule has 0 spiro atoms. The van der Waals surface area contributed by atoms with Crippen molar-refractivity contribution in [1.29, 1.82) is 0 Å². The van der Waals surface area contributed by atoms with Gasteiger partial charge in [-0.05, 0) is 49.5 Å². The summed E-state index contributed by atoms with van der Waals surface area (Å²) in [6, 6.07) is 0. The summed E-state index contributed by atoms with van der Waals surface area (Å²) < 4.78 is 2.10. The minimum absolute atomic E-state index is 0.206. The normalized spacial score (nSPS) is 22.0. The van der Waals surface area contributed by atoms with E-state index in [1.165, 1.54) is 40.4 Å². The fourth-order valence-electron chi connectivity index (χ4n) is 4.84. The summed E-state index contributed by atoms with van der Waals surface area (Å²) in [6.45, 7) is 8.44. The fourth-order valence-corrected chi connectivity index (χ4v) is 7.09. The quantitative estimate of drug-likeness (QED) is 0.560. The topological polar surface area (TPSA) is 63.4 Å². The van der Waals surface area contributed by atoms with Crippen molar-refractivity contribution < 1.29 is 4.79 Å². The average Bonchev–Trinajstić information content (AvgIpc) is 3.31. The molecule has 5 rings (SSSR count). The number of amides is 1. The van der Waals surface area contributed by atoms with Crippen molar-refractivity contribution >= 4 is 44.9 Å². The van der Waals surface area contributed by atoms with Crippen LogP contribution < -0.4 is 0 Å². The van der Waals surface area contributed by atoms with E-state index >= 15 is 0 Å². The predicted octanol–water partition coefficient (Wildman–Crippen LogP) is 4.38. The summed E-state index contributed by atoms with van der Waals surface area (Å²) in [4.78, 5) is 22.3. The first kappa shape index (κ1) is 20.2. The van der Waals surface area contributed by atoms with Crippen molar-refractivity contribution in [3.05, 3.63) is 16.3 Å². The molecule has 1 aliphatic carbocycles. The minimum Gasteiger partial charge on any atom is -0.342 e. The van der Waals surface area contributed by atoms with Crippen LogP contribution in [-0.4, -0.2) is 49.2 Å². The Labute approximate surface area is 185 Å². The summed E-state index contributed by atoms with van der Waals surface area (Å²) in [6.07, 6.45) is 6.60. The van der Waals surface area contributed by atoms with E-state index in [1.807, 2.05) is 16.2 Å². The molecule has 4 heterocycles. The van der Waals surface area contributed by atoms with E-state index in [1.54, 1.807) is 0 Å². The highest BCUT2D eigenvalue weighted by Crippen LogP contribution is 2.39. The number of rotatable bonds is 4. The van der Waals surface area contributed by atoms with Crippen LogP contribution in [0.15, 0.2) is 5.16 Å². The summed E-state index contributed by atoms with van der Waals surface area (Å²) >= 11 is 3.33. The highest BCUT2D eigenvalue weighted by Gasteiger charge is 2.26. The second-order valence-corrected chi connectivity index (χ2v) is 11.0. The van der Waals surface area contributed by atoms with Gasteiger partial charge in [-0.2, -0.15) is 0 Å². The molecule has 160 valence electrons. The van der Waals surface area contributed by atoms with Crippen LogP contribution in [0.2, 0.25) is 0 Å². The summed E-state index contributed by atoms with van der Waals surface area (Å²) in [7, 11) is 0. The van der Waals surface area contributed by atoms with Gasteiger partial charge in [0.2, 0.25) is 5.91 Å². The smallest absolute Gasteiger partial charge is 0.233 e. The number of aryl methyl sites for hydroxylation is 2. The molecule has 1 aliphatic heterocycles. The number of thioether (sulfide) groups is 1. The molecule has 3 aromatic rings. The molecule has 3 aromatic heterocycles. The number of piperidine rings is 1. The SMILES string of the molecule is CCc1nc2sc3c(c2c2nnc(SCC(=O)N4CCC[C@H](C)C4)n12)CC[C@H](C)C3. The Morgan fingerprint density at radius 2 is 2.10 bits per heavy atom. The van der Waals surface area contributed by atoms with Gasteiger partial charge in [-0.15, -0.1) is 21.5 Å². The number of nitrogens with zero attached hydrogens (tertiary/aromatic N) is 5. The van der Waals surface area contributed by atoms with Crippen LogP contribution >= 0.6 is 23.1 Å². The molecule has 0 saturated carbocycles. The first-order chi connectivity index (χ1) is 14.5. The van der Waals surface area contributed by atoms with Crippen LogP contribution in [0, 0.1) is 11.8 Å². The van der Waals surface area contributed by atoms with Gasteiger partial charge in [0.25, 0.3) is 0 Å². The molecule has 0 aromatic carbocycles. The van der Waals surface area contributed by atoms with Crippen LogP contribution in [-0.2, 0) is 24.1 Å². The maximum Gasteiger partial charge on any atom is 0.233 e. The third-order valence-electron chi connectivity index (χ3n) is 6.49. The molecule has 2 aliphatic rings. The second-order valence-electron chi connectivity index (χ2n) is 8.93. The van der Waals surface area contributed by atoms with Crippen molar-refractivity contribution in [2.45, 2.75) is 64.5 Å². The van der Waals surface area contributed by atoms with E-state index in [0.717, 1.165) is 66.1 Å². The number of hydrogen-bond donors (Lipinski definition) is 0. The van der Waals surface area contributed by atoms with Gasteiger partial charge < -0.3 is 4.90 Å². The molecular weight excluding hydrogens is 414 g/mol. The Kier molecular flexibility index (Phi) is 5.47. The van der Waals surface area contributed by atoms with Crippen LogP contribution in [0.4, 0.5) is 0 Å². The van der Waals surface area contributed by atoms with Gasteiger partial charge in [0.1, 0.15) is 10.7 Å². The van der Waals surface area contributed by atoms with Crippen molar-refractivity contribution in [2.24, 2.45) is 11.8 Å². The maximum absolute atomic E-state index is 12.8. The third kappa shape index (κ3) is 3.51. The fraction of sp³-hybridized carbons (Fsp3) is 0.636. The number of thiophene rings is 1. The zero-order valence-corrected chi connectivity index (χ0v) is 19.6. The van der Waals surface area contributed by atoms with E-state index in [9.17, 15) is 4.79 Å². The van der Waals surface area contributed by atoms with Crippen molar-refractivity contribution in [2.75, 3.05) is 18.8 Å². The Morgan fingerprint density at radius 1 is 1.23 bits per heavy atom. The Bertz CT molecular complexity index is 1100. The number of hydrogen-bond acceptors (Lipinski definition) is 6. The predicted molar refractivity (Wildman–Crippen MR) is 122 cm³/mol. The van der Waals surface area contributed by atoms with Gasteiger partial charge in [0, 0.05) is 24.4 Å². The molecule has 8 heteroatoms. The first-order valence-electron chi connectivity index (χ1n) is 11.1. The molecule has 1 saturated heterocycles. The van der Waals surface area contributed by atoms with E-state index in [4.69, 9.17) is 4.98 Å². The molecule has 1 fully saturated rings. The molecule has 6 nitrogen and oxygen atoms in total. The molecule has 2 atom stereocenters. The minimum atomic E-state index is 0.206. The first-order valence-corrected chi connectivity index (χ1v) is 12.9. The largest absolute Gasteiger partial charge is 0.342 e. The van der Waals surface area contributed by atoms with Crippen LogP contribution in [0.3, 0.4) is 0 Å². The second kappa shape index (κ2) is 8.11. The molecule has 1 amide bonds. The summed E-state index contributed by atoms with van der Waals surface area (Å²) in [5.74, 6) is 2.93. The molecule has 30 heavy (non-hydrogen) atoms. The Morgan fingerprint density at radius 3 is 2.90 bits per heavy atom. The summed E-state index contributed by atoms with van der Waals surface area (Å²) in [5, 5.41) is 11.1. The number of carbonyl (C=O) groups is 1. The zero-order valence-electron chi connectivity index (χ0n) is 18.0. The molecule has 0 radical (unpaired) electrons. The zero-order chi connectivity index (χ0) is 20.8. The lowest BCUT2D eigenvalue weighted by Gasteiger charge is -2.30.